The number of rotatable bonds is 5. The average Bonchev–Trinajstić information content (AvgIpc) is 3.04. The molecule has 1 aromatic rings. The molecule has 0 radical (unpaired) electrons. The summed E-state index contributed by atoms with van der Waals surface area (Å²) >= 11 is 0. The molecule has 1 fully saturated rings. The molecule has 1 aliphatic carbocycles. The lowest BCUT2D eigenvalue weighted by molar-refractivity contribution is 0.131. The first kappa shape index (κ1) is 14.7. The van der Waals surface area contributed by atoms with Gasteiger partial charge in [0.2, 0.25) is 0 Å². The van der Waals surface area contributed by atoms with Crippen LogP contribution in [-0.4, -0.2) is 31.0 Å². The molecular weight excluding hydrogens is 266 g/mol. The number of methoxy groups -OCH3 is 1. The summed E-state index contributed by atoms with van der Waals surface area (Å²) in [6, 6.07) is 4.12. The maximum absolute atomic E-state index is 9.87. The molecule has 0 spiro atoms. The molecule has 2 aliphatic rings. The standard InChI is InChI=1S/C17H25NO3/c1-11-6-13-7-15(20-2)8-14(17(13)21-11)10-18-9-12-4-3-5-16(12)19/h7-8,11-12,16,18-19H,3-6,9-10H2,1-2H3. The van der Waals surface area contributed by atoms with Crippen LogP contribution in [0.5, 0.6) is 11.5 Å². The van der Waals surface area contributed by atoms with Gasteiger partial charge in [-0.05, 0) is 37.8 Å². The molecular formula is C17H25NO3. The summed E-state index contributed by atoms with van der Waals surface area (Å²) in [5, 5.41) is 13.3. The summed E-state index contributed by atoms with van der Waals surface area (Å²) in [5.74, 6) is 2.30. The summed E-state index contributed by atoms with van der Waals surface area (Å²) in [4.78, 5) is 0. The van der Waals surface area contributed by atoms with E-state index in [1.54, 1.807) is 7.11 Å². The van der Waals surface area contributed by atoms with Crippen molar-refractivity contribution in [3.8, 4) is 11.5 Å². The number of benzene rings is 1. The van der Waals surface area contributed by atoms with Crippen LogP contribution in [0, 0.1) is 5.92 Å². The van der Waals surface area contributed by atoms with E-state index in [9.17, 15) is 5.11 Å². The third kappa shape index (κ3) is 3.16. The lowest BCUT2D eigenvalue weighted by Crippen LogP contribution is -2.27. The number of aliphatic hydroxyl groups is 1. The summed E-state index contributed by atoms with van der Waals surface area (Å²) in [5.41, 5.74) is 2.39. The highest BCUT2D eigenvalue weighted by atomic mass is 16.5. The van der Waals surface area contributed by atoms with Crippen LogP contribution in [-0.2, 0) is 13.0 Å². The van der Waals surface area contributed by atoms with Gasteiger partial charge in [-0.1, -0.05) is 6.42 Å². The van der Waals surface area contributed by atoms with Crippen molar-refractivity contribution in [1.82, 2.24) is 5.32 Å². The first-order valence-electron chi connectivity index (χ1n) is 7.92. The van der Waals surface area contributed by atoms with Gasteiger partial charge >= 0.3 is 0 Å². The summed E-state index contributed by atoms with van der Waals surface area (Å²) < 4.78 is 11.3. The third-order valence-electron chi connectivity index (χ3n) is 4.62. The highest BCUT2D eigenvalue weighted by Gasteiger charge is 2.26. The van der Waals surface area contributed by atoms with Crippen molar-refractivity contribution in [1.29, 1.82) is 0 Å². The topological polar surface area (TPSA) is 50.7 Å². The molecule has 4 heteroatoms. The van der Waals surface area contributed by atoms with Crippen molar-refractivity contribution in [2.45, 2.75) is 51.4 Å². The van der Waals surface area contributed by atoms with Gasteiger partial charge in [-0.3, -0.25) is 0 Å². The van der Waals surface area contributed by atoms with E-state index in [4.69, 9.17) is 9.47 Å². The molecule has 1 aromatic carbocycles. The van der Waals surface area contributed by atoms with Crippen LogP contribution in [0.3, 0.4) is 0 Å². The predicted octanol–water partition coefficient (Wildman–Crippen LogP) is 2.27. The minimum absolute atomic E-state index is 0.134. The molecule has 1 heterocycles. The Morgan fingerprint density at radius 1 is 1.38 bits per heavy atom. The Morgan fingerprint density at radius 3 is 2.95 bits per heavy atom. The van der Waals surface area contributed by atoms with Crippen molar-refractivity contribution in [3.05, 3.63) is 23.3 Å². The average molecular weight is 291 g/mol. The summed E-state index contributed by atoms with van der Waals surface area (Å²) in [6.45, 7) is 3.72. The Bertz CT molecular complexity index is 503. The van der Waals surface area contributed by atoms with Gasteiger partial charge in [0.1, 0.15) is 17.6 Å². The highest BCUT2D eigenvalue weighted by Crippen LogP contribution is 2.36. The van der Waals surface area contributed by atoms with E-state index in [0.29, 0.717) is 5.92 Å². The van der Waals surface area contributed by atoms with E-state index in [0.717, 1.165) is 55.8 Å². The number of aliphatic hydroxyl groups excluding tert-OH is 1. The second kappa shape index (κ2) is 6.24. The molecule has 0 bridgehead atoms. The second-order valence-electron chi connectivity index (χ2n) is 6.30. The highest BCUT2D eigenvalue weighted by molar-refractivity contribution is 5.49. The van der Waals surface area contributed by atoms with Gasteiger partial charge in [-0.25, -0.2) is 0 Å². The maximum Gasteiger partial charge on any atom is 0.127 e. The fraction of sp³-hybridized carbons (Fsp3) is 0.647. The van der Waals surface area contributed by atoms with Gasteiger partial charge in [0.15, 0.2) is 0 Å². The van der Waals surface area contributed by atoms with Crippen LogP contribution in [0.25, 0.3) is 0 Å². The van der Waals surface area contributed by atoms with Crippen LogP contribution in [0.15, 0.2) is 12.1 Å². The first-order valence-corrected chi connectivity index (χ1v) is 7.92. The Kier molecular flexibility index (Phi) is 4.36. The van der Waals surface area contributed by atoms with E-state index in [1.165, 1.54) is 5.56 Å². The summed E-state index contributed by atoms with van der Waals surface area (Å²) in [6.07, 6.45) is 4.26. The van der Waals surface area contributed by atoms with Gasteiger partial charge in [0, 0.05) is 30.6 Å². The molecule has 2 N–H and O–H groups in total. The van der Waals surface area contributed by atoms with Gasteiger partial charge in [0.25, 0.3) is 0 Å². The minimum atomic E-state index is -0.134. The first-order chi connectivity index (χ1) is 10.2. The maximum atomic E-state index is 9.87. The quantitative estimate of drug-likeness (QED) is 0.874. The van der Waals surface area contributed by atoms with Crippen molar-refractivity contribution in [2.24, 2.45) is 5.92 Å². The molecule has 0 saturated heterocycles. The zero-order valence-electron chi connectivity index (χ0n) is 12.9. The Hall–Kier alpha value is -1.26. The predicted molar refractivity (Wildman–Crippen MR) is 81.8 cm³/mol. The number of ether oxygens (including phenoxy) is 2. The number of hydrogen-bond acceptors (Lipinski definition) is 4. The molecule has 3 unspecified atom stereocenters. The molecule has 0 amide bonds. The molecule has 3 atom stereocenters. The summed E-state index contributed by atoms with van der Waals surface area (Å²) in [7, 11) is 1.70. The number of hydrogen-bond donors (Lipinski definition) is 2. The fourth-order valence-corrected chi connectivity index (χ4v) is 3.47. The van der Waals surface area contributed by atoms with E-state index < -0.39 is 0 Å². The third-order valence-corrected chi connectivity index (χ3v) is 4.62. The van der Waals surface area contributed by atoms with Crippen molar-refractivity contribution in [3.63, 3.8) is 0 Å². The zero-order valence-corrected chi connectivity index (χ0v) is 12.9. The van der Waals surface area contributed by atoms with Crippen molar-refractivity contribution >= 4 is 0 Å². The van der Waals surface area contributed by atoms with Crippen LogP contribution in [0.1, 0.15) is 37.3 Å². The smallest absolute Gasteiger partial charge is 0.127 e. The van der Waals surface area contributed by atoms with E-state index in [1.807, 2.05) is 0 Å². The Balaban J connectivity index is 1.66. The number of fused-ring (bicyclic) bond motifs is 1. The monoisotopic (exact) mass is 291 g/mol. The normalized spacial score (nSPS) is 27.5. The lowest BCUT2D eigenvalue weighted by Gasteiger charge is -2.16. The van der Waals surface area contributed by atoms with Crippen molar-refractivity contribution in [2.75, 3.05) is 13.7 Å². The fourth-order valence-electron chi connectivity index (χ4n) is 3.47. The van der Waals surface area contributed by atoms with Crippen LogP contribution in [0.2, 0.25) is 0 Å². The van der Waals surface area contributed by atoms with Gasteiger partial charge < -0.3 is 19.9 Å². The van der Waals surface area contributed by atoms with Crippen LogP contribution >= 0.6 is 0 Å². The molecule has 116 valence electrons. The molecule has 21 heavy (non-hydrogen) atoms. The minimum Gasteiger partial charge on any atom is -0.497 e. The van der Waals surface area contributed by atoms with Crippen LogP contribution in [0.4, 0.5) is 0 Å². The second-order valence-corrected chi connectivity index (χ2v) is 6.30. The Labute approximate surface area is 126 Å². The molecule has 1 saturated carbocycles. The van der Waals surface area contributed by atoms with Crippen LogP contribution < -0.4 is 14.8 Å². The molecule has 1 aliphatic heterocycles. The van der Waals surface area contributed by atoms with E-state index in [2.05, 4.69) is 24.4 Å². The number of nitrogens with one attached hydrogen (secondary N) is 1. The molecule has 4 nitrogen and oxygen atoms in total. The molecule has 0 aromatic heterocycles. The largest absolute Gasteiger partial charge is 0.497 e. The van der Waals surface area contributed by atoms with Crippen molar-refractivity contribution < 1.29 is 14.6 Å². The lowest BCUT2D eigenvalue weighted by atomic mass is 10.0. The Morgan fingerprint density at radius 2 is 2.24 bits per heavy atom. The van der Waals surface area contributed by atoms with Gasteiger partial charge in [0.05, 0.1) is 13.2 Å². The van der Waals surface area contributed by atoms with Gasteiger partial charge in [-0.2, -0.15) is 0 Å². The SMILES string of the molecule is COc1cc(CNCC2CCCC2O)c2c(c1)CC(C)O2. The zero-order chi connectivity index (χ0) is 14.8. The van der Waals surface area contributed by atoms with E-state index >= 15 is 0 Å². The van der Waals surface area contributed by atoms with E-state index in [-0.39, 0.29) is 12.2 Å². The molecule has 3 rings (SSSR count). The van der Waals surface area contributed by atoms with Gasteiger partial charge in [-0.15, -0.1) is 0 Å².